The first-order valence-electron chi connectivity index (χ1n) is 6.45. The van der Waals surface area contributed by atoms with Gasteiger partial charge in [0.05, 0.1) is 0 Å². The summed E-state index contributed by atoms with van der Waals surface area (Å²) in [5.41, 5.74) is 7.66. The van der Waals surface area contributed by atoms with Gasteiger partial charge < -0.3 is 15.4 Å². The van der Waals surface area contributed by atoms with E-state index in [0.29, 0.717) is 18.8 Å². The second-order valence-corrected chi connectivity index (χ2v) is 4.56. The number of rotatable bonds is 4. The van der Waals surface area contributed by atoms with Crippen LogP contribution in [0.15, 0.2) is 54.6 Å². The van der Waals surface area contributed by atoms with E-state index in [-0.39, 0.29) is 6.09 Å². The van der Waals surface area contributed by atoms with Gasteiger partial charge in [-0.1, -0.05) is 42.5 Å². The van der Waals surface area contributed by atoms with E-state index in [9.17, 15) is 4.79 Å². The van der Waals surface area contributed by atoms with Crippen LogP contribution >= 0.6 is 0 Å². The van der Waals surface area contributed by atoms with Crippen molar-refractivity contribution in [2.45, 2.75) is 13.1 Å². The number of carbonyl (C=O) groups excluding carboxylic acids is 1. The molecule has 0 saturated heterocycles. The van der Waals surface area contributed by atoms with Crippen molar-refractivity contribution >= 4 is 6.09 Å². The number of carbonyl (C=O) groups is 1. The van der Waals surface area contributed by atoms with Crippen LogP contribution in [0.2, 0.25) is 0 Å². The molecule has 0 aliphatic heterocycles. The van der Waals surface area contributed by atoms with E-state index < -0.39 is 0 Å². The average molecular weight is 270 g/mol. The Labute approximate surface area is 118 Å². The van der Waals surface area contributed by atoms with Gasteiger partial charge >= 0.3 is 6.09 Å². The SMILES string of the molecule is CN(Cc1ccc(CN)cc1)C(=O)Oc1ccccc1. The highest BCUT2D eigenvalue weighted by atomic mass is 16.6. The molecule has 1 amide bonds. The first kappa shape index (κ1) is 14.1. The summed E-state index contributed by atoms with van der Waals surface area (Å²) in [6.07, 6.45) is -0.376. The van der Waals surface area contributed by atoms with E-state index >= 15 is 0 Å². The van der Waals surface area contributed by atoms with Gasteiger partial charge in [-0.15, -0.1) is 0 Å². The van der Waals surface area contributed by atoms with Gasteiger partial charge in [0, 0.05) is 20.1 Å². The molecule has 0 aliphatic carbocycles. The van der Waals surface area contributed by atoms with Crippen molar-refractivity contribution in [3.05, 3.63) is 65.7 Å². The number of nitrogens with zero attached hydrogens (tertiary/aromatic N) is 1. The Morgan fingerprint density at radius 3 is 2.25 bits per heavy atom. The lowest BCUT2D eigenvalue weighted by Gasteiger charge is -2.17. The summed E-state index contributed by atoms with van der Waals surface area (Å²) in [6.45, 7) is 1.02. The van der Waals surface area contributed by atoms with Crippen LogP contribution in [0.4, 0.5) is 4.79 Å². The highest BCUT2D eigenvalue weighted by Crippen LogP contribution is 2.11. The fourth-order valence-corrected chi connectivity index (χ4v) is 1.79. The summed E-state index contributed by atoms with van der Waals surface area (Å²) in [7, 11) is 1.71. The first-order valence-corrected chi connectivity index (χ1v) is 6.45. The van der Waals surface area contributed by atoms with E-state index in [4.69, 9.17) is 10.5 Å². The summed E-state index contributed by atoms with van der Waals surface area (Å²) < 4.78 is 5.26. The van der Waals surface area contributed by atoms with Crippen molar-refractivity contribution in [3.63, 3.8) is 0 Å². The molecular weight excluding hydrogens is 252 g/mol. The number of para-hydroxylation sites is 1. The molecule has 0 heterocycles. The Morgan fingerprint density at radius 1 is 1.05 bits per heavy atom. The molecule has 20 heavy (non-hydrogen) atoms. The molecule has 2 rings (SSSR count). The van der Waals surface area contributed by atoms with E-state index in [0.717, 1.165) is 11.1 Å². The van der Waals surface area contributed by atoms with Crippen LogP contribution in [-0.4, -0.2) is 18.0 Å². The van der Waals surface area contributed by atoms with Gasteiger partial charge in [0.1, 0.15) is 5.75 Å². The number of benzene rings is 2. The number of amides is 1. The highest BCUT2D eigenvalue weighted by molar-refractivity contribution is 5.70. The monoisotopic (exact) mass is 270 g/mol. The first-order chi connectivity index (χ1) is 9.69. The van der Waals surface area contributed by atoms with Crippen molar-refractivity contribution in [2.75, 3.05) is 7.05 Å². The summed E-state index contributed by atoms with van der Waals surface area (Å²) in [4.78, 5) is 13.5. The van der Waals surface area contributed by atoms with E-state index in [1.165, 1.54) is 4.90 Å². The minimum atomic E-state index is -0.376. The lowest BCUT2D eigenvalue weighted by molar-refractivity contribution is 0.161. The smallest absolute Gasteiger partial charge is 0.410 e. The number of nitrogens with two attached hydrogens (primary N) is 1. The topological polar surface area (TPSA) is 55.6 Å². The molecule has 2 aromatic carbocycles. The fourth-order valence-electron chi connectivity index (χ4n) is 1.79. The number of ether oxygens (including phenoxy) is 1. The third-order valence-electron chi connectivity index (χ3n) is 2.94. The Kier molecular flexibility index (Phi) is 4.74. The predicted octanol–water partition coefficient (Wildman–Crippen LogP) is 2.78. The Hall–Kier alpha value is -2.33. The van der Waals surface area contributed by atoms with Gasteiger partial charge in [-0.25, -0.2) is 4.79 Å². The van der Waals surface area contributed by atoms with Crippen LogP contribution in [0.1, 0.15) is 11.1 Å². The third-order valence-corrected chi connectivity index (χ3v) is 2.94. The van der Waals surface area contributed by atoms with Gasteiger partial charge in [0.25, 0.3) is 0 Å². The summed E-state index contributed by atoms with van der Waals surface area (Å²) in [5.74, 6) is 0.544. The van der Waals surface area contributed by atoms with Crippen LogP contribution in [0.3, 0.4) is 0 Å². The lowest BCUT2D eigenvalue weighted by atomic mass is 10.1. The molecule has 0 fully saturated rings. The molecule has 0 unspecified atom stereocenters. The molecular formula is C16H18N2O2. The molecule has 104 valence electrons. The van der Waals surface area contributed by atoms with Gasteiger partial charge in [-0.3, -0.25) is 0 Å². The van der Waals surface area contributed by atoms with Crippen molar-refractivity contribution in [1.29, 1.82) is 0 Å². The minimum Gasteiger partial charge on any atom is -0.410 e. The molecule has 0 radical (unpaired) electrons. The molecule has 4 nitrogen and oxygen atoms in total. The van der Waals surface area contributed by atoms with E-state index in [1.54, 1.807) is 19.2 Å². The molecule has 0 spiro atoms. The molecule has 4 heteroatoms. The van der Waals surface area contributed by atoms with Crippen molar-refractivity contribution < 1.29 is 9.53 Å². The quantitative estimate of drug-likeness (QED) is 0.929. The molecule has 0 saturated carbocycles. The Balaban J connectivity index is 1.93. The molecule has 0 aliphatic rings. The number of hydrogen-bond donors (Lipinski definition) is 1. The lowest BCUT2D eigenvalue weighted by Crippen LogP contribution is -2.29. The van der Waals surface area contributed by atoms with Crippen LogP contribution in [-0.2, 0) is 13.1 Å². The normalized spacial score (nSPS) is 10.1. The molecule has 2 aromatic rings. The highest BCUT2D eigenvalue weighted by Gasteiger charge is 2.11. The fraction of sp³-hybridized carbons (Fsp3) is 0.188. The summed E-state index contributed by atoms with van der Waals surface area (Å²) >= 11 is 0. The second kappa shape index (κ2) is 6.73. The molecule has 2 N–H and O–H groups in total. The molecule has 0 atom stereocenters. The minimum absolute atomic E-state index is 0.376. The van der Waals surface area contributed by atoms with Crippen LogP contribution in [0, 0.1) is 0 Å². The van der Waals surface area contributed by atoms with Crippen LogP contribution in [0.5, 0.6) is 5.75 Å². The third kappa shape index (κ3) is 3.83. The van der Waals surface area contributed by atoms with Gasteiger partial charge in [0.15, 0.2) is 0 Å². The van der Waals surface area contributed by atoms with Gasteiger partial charge in [0.2, 0.25) is 0 Å². The van der Waals surface area contributed by atoms with E-state index in [1.807, 2.05) is 42.5 Å². The van der Waals surface area contributed by atoms with E-state index in [2.05, 4.69) is 0 Å². The predicted molar refractivity (Wildman–Crippen MR) is 78.3 cm³/mol. The van der Waals surface area contributed by atoms with Gasteiger partial charge in [-0.05, 0) is 23.3 Å². The Bertz CT molecular complexity index is 552. The van der Waals surface area contributed by atoms with Crippen LogP contribution in [0.25, 0.3) is 0 Å². The molecule has 0 aromatic heterocycles. The summed E-state index contributed by atoms with van der Waals surface area (Å²) in [6, 6.07) is 16.9. The maximum Gasteiger partial charge on any atom is 0.415 e. The standard InChI is InChI=1S/C16H18N2O2/c1-18(12-14-9-7-13(11-17)8-10-14)16(19)20-15-5-3-2-4-6-15/h2-10H,11-12,17H2,1H3. The maximum absolute atomic E-state index is 11.9. The number of hydrogen-bond acceptors (Lipinski definition) is 3. The summed E-state index contributed by atoms with van der Waals surface area (Å²) in [5, 5.41) is 0. The zero-order valence-electron chi connectivity index (χ0n) is 11.5. The average Bonchev–Trinajstić information content (AvgIpc) is 2.49. The van der Waals surface area contributed by atoms with Crippen LogP contribution < -0.4 is 10.5 Å². The largest absolute Gasteiger partial charge is 0.415 e. The second-order valence-electron chi connectivity index (χ2n) is 4.56. The Morgan fingerprint density at radius 2 is 1.65 bits per heavy atom. The van der Waals surface area contributed by atoms with Crippen molar-refractivity contribution in [3.8, 4) is 5.75 Å². The zero-order chi connectivity index (χ0) is 14.4. The molecule has 0 bridgehead atoms. The maximum atomic E-state index is 11.9. The zero-order valence-corrected chi connectivity index (χ0v) is 11.5. The van der Waals surface area contributed by atoms with Crippen molar-refractivity contribution in [2.24, 2.45) is 5.73 Å². The van der Waals surface area contributed by atoms with Gasteiger partial charge in [-0.2, -0.15) is 0 Å². The van der Waals surface area contributed by atoms with Crippen molar-refractivity contribution in [1.82, 2.24) is 4.90 Å².